The number of anilines is 1. The van der Waals surface area contributed by atoms with Crippen molar-refractivity contribution in [2.75, 3.05) is 25.6 Å². The van der Waals surface area contributed by atoms with Crippen LogP contribution in [0.2, 0.25) is 0 Å². The molecule has 0 spiro atoms. The fourth-order valence-corrected chi connectivity index (χ4v) is 2.79. The third-order valence-electron chi connectivity index (χ3n) is 3.13. The van der Waals surface area contributed by atoms with E-state index >= 15 is 0 Å². The van der Waals surface area contributed by atoms with Gasteiger partial charge in [-0.05, 0) is 30.7 Å². The van der Waals surface area contributed by atoms with E-state index in [2.05, 4.69) is 10.3 Å². The molecule has 0 bridgehead atoms. The fraction of sp³-hybridized carbons (Fsp3) is 0.250. The third kappa shape index (κ3) is 3.62. The molecule has 0 aliphatic carbocycles. The van der Waals surface area contributed by atoms with Gasteiger partial charge >= 0.3 is 0 Å². The number of hydrogen-bond donors (Lipinski definition) is 1. The van der Waals surface area contributed by atoms with Gasteiger partial charge in [-0.1, -0.05) is 0 Å². The number of methoxy groups -OCH3 is 1. The Bertz CT molecular complexity index is 737. The van der Waals surface area contributed by atoms with E-state index in [-0.39, 0.29) is 5.91 Å². The molecule has 6 nitrogen and oxygen atoms in total. The second-order valence-electron chi connectivity index (χ2n) is 4.85. The van der Waals surface area contributed by atoms with E-state index < -0.39 is 0 Å². The summed E-state index contributed by atoms with van der Waals surface area (Å²) in [6, 6.07) is 3.61. The first-order valence-corrected chi connectivity index (χ1v) is 7.86. The van der Waals surface area contributed by atoms with Crippen LogP contribution in [0.4, 0.5) is 5.13 Å². The second-order valence-corrected chi connectivity index (χ2v) is 6.08. The normalized spacial score (nSPS) is 13.1. The molecule has 0 saturated carbocycles. The standard InChI is InChI=1S/C16H16N2O4S/c1-10-9-17-16(23-10)18-14(19)4-3-11-7-12(20-2)15-13(8-11)21-5-6-22-15/h3-4,7-9H,5-6H2,1-2H3,(H,17,18,19). The molecule has 0 saturated heterocycles. The van der Waals surface area contributed by atoms with E-state index in [9.17, 15) is 4.79 Å². The molecule has 23 heavy (non-hydrogen) atoms. The number of nitrogens with one attached hydrogen (secondary N) is 1. The monoisotopic (exact) mass is 332 g/mol. The number of carbonyl (C=O) groups excluding carboxylic acids is 1. The molecule has 1 aliphatic rings. The minimum atomic E-state index is -0.242. The number of nitrogens with zero attached hydrogens (tertiary/aromatic N) is 1. The van der Waals surface area contributed by atoms with Gasteiger partial charge in [0.15, 0.2) is 16.6 Å². The zero-order valence-electron chi connectivity index (χ0n) is 12.8. The van der Waals surface area contributed by atoms with E-state index in [1.807, 2.05) is 13.0 Å². The Morgan fingerprint density at radius 2 is 2.22 bits per heavy atom. The van der Waals surface area contributed by atoms with Crippen LogP contribution in [0.3, 0.4) is 0 Å². The first-order chi connectivity index (χ1) is 11.2. The fourth-order valence-electron chi connectivity index (χ4n) is 2.12. The molecule has 3 rings (SSSR count). The van der Waals surface area contributed by atoms with Crippen LogP contribution in [0.15, 0.2) is 24.4 Å². The van der Waals surface area contributed by atoms with Crippen molar-refractivity contribution >= 4 is 28.5 Å². The van der Waals surface area contributed by atoms with Gasteiger partial charge in [0.1, 0.15) is 13.2 Å². The van der Waals surface area contributed by atoms with Crippen molar-refractivity contribution in [2.24, 2.45) is 0 Å². The number of fused-ring (bicyclic) bond motifs is 1. The maximum Gasteiger partial charge on any atom is 0.250 e. The maximum atomic E-state index is 11.9. The van der Waals surface area contributed by atoms with Crippen molar-refractivity contribution in [3.63, 3.8) is 0 Å². The molecule has 2 aromatic rings. The first-order valence-electron chi connectivity index (χ1n) is 7.05. The number of carbonyl (C=O) groups is 1. The van der Waals surface area contributed by atoms with Gasteiger partial charge in [0.25, 0.3) is 0 Å². The van der Waals surface area contributed by atoms with Crippen LogP contribution in [0.1, 0.15) is 10.4 Å². The van der Waals surface area contributed by atoms with Crippen LogP contribution < -0.4 is 19.5 Å². The summed E-state index contributed by atoms with van der Waals surface area (Å²) in [5.41, 5.74) is 0.788. The van der Waals surface area contributed by atoms with Crippen LogP contribution in [-0.4, -0.2) is 31.2 Å². The molecule has 0 unspecified atom stereocenters. The lowest BCUT2D eigenvalue weighted by Crippen LogP contribution is -2.16. The Morgan fingerprint density at radius 3 is 2.96 bits per heavy atom. The zero-order chi connectivity index (χ0) is 16.2. The van der Waals surface area contributed by atoms with Gasteiger partial charge in [-0.3, -0.25) is 10.1 Å². The van der Waals surface area contributed by atoms with Crippen molar-refractivity contribution in [3.05, 3.63) is 34.8 Å². The minimum Gasteiger partial charge on any atom is -0.493 e. The Hall–Kier alpha value is -2.54. The number of benzene rings is 1. The molecule has 1 N–H and O–H groups in total. The Labute approximate surface area is 137 Å². The molecule has 7 heteroatoms. The van der Waals surface area contributed by atoms with Gasteiger partial charge < -0.3 is 14.2 Å². The van der Waals surface area contributed by atoms with Gasteiger partial charge in [0, 0.05) is 17.2 Å². The SMILES string of the molecule is COc1cc(C=CC(=O)Nc2ncc(C)s2)cc2c1OCCO2. The van der Waals surface area contributed by atoms with E-state index in [0.29, 0.717) is 35.6 Å². The topological polar surface area (TPSA) is 69.7 Å². The molecule has 1 aromatic carbocycles. The average molecular weight is 332 g/mol. The summed E-state index contributed by atoms with van der Waals surface area (Å²) in [6.45, 7) is 2.92. The summed E-state index contributed by atoms with van der Waals surface area (Å²) in [5, 5.41) is 3.30. The highest BCUT2D eigenvalue weighted by atomic mass is 32.1. The zero-order valence-corrected chi connectivity index (χ0v) is 13.6. The quantitative estimate of drug-likeness (QED) is 0.872. The van der Waals surface area contributed by atoms with Crippen molar-refractivity contribution in [2.45, 2.75) is 6.92 Å². The summed E-state index contributed by atoms with van der Waals surface area (Å²) >= 11 is 1.43. The van der Waals surface area contributed by atoms with E-state index in [1.54, 1.807) is 25.4 Å². The second kappa shape index (κ2) is 6.70. The minimum absolute atomic E-state index is 0.242. The lowest BCUT2D eigenvalue weighted by Gasteiger charge is -2.20. The smallest absolute Gasteiger partial charge is 0.250 e. The van der Waals surface area contributed by atoms with Crippen molar-refractivity contribution in [3.8, 4) is 17.2 Å². The molecule has 0 fully saturated rings. The lowest BCUT2D eigenvalue weighted by atomic mass is 10.1. The summed E-state index contributed by atoms with van der Waals surface area (Å²) in [7, 11) is 1.57. The lowest BCUT2D eigenvalue weighted by molar-refractivity contribution is -0.111. The number of ether oxygens (including phenoxy) is 3. The number of thiazole rings is 1. The van der Waals surface area contributed by atoms with Gasteiger partial charge in [-0.25, -0.2) is 4.98 Å². The highest BCUT2D eigenvalue weighted by Crippen LogP contribution is 2.40. The Kier molecular flexibility index (Phi) is 4.47. The number of aryl methyl sites for hydroxylation is 1. The van der Waals surface area contributed by atoms with Crippen molar-refractivity contribution < 1.29 is 19.0 Å². The number of aromatic nitrogens is 1. The highest BCUT2D eigenvalue weighted by molar-refractivity contribution is 7.15. The predicted molar refractivity (Wildman–Crippen MR) is 88.5 cm³/mol. The molecule has 1 aliphatic heterocycles. The molecular weight excluding hydrogens is 316 g/mol. The average Bonchev–Trinajstić information content (AvgIpc) is 2.97. The molecule has 120 valence electrons. The molecule has 2 heterocycles. The van der Waals surface area contributed by atoms with Crippen LogP contribution >= 0.6 is 11.3 Å². The van der Waals surface area contributed by atoms with Crippen LogP contribution in [0.25, 0.3) is 6.08 Å². The van der Waals surface area contributed by atoms with Crippen molar-refractivity contribution in [1.29, 1.82) is 0 Å². The Balaban J connectivity index is 1.75. The summed E-state index contributed by atoms with van der Waals surface area (Å²) in [4.78, 5) is 17.1. The number of amides is 1. The molecule has 0 radical (unpaired) electrons. The van der Waals surface area contributed by atoms with Gasteiger partial charge in [-0.15, -0.1) is 11.3 Å². The number of rotatable bonds is 4. The number of hydrogen-bond acceptors (Lipinski definition) is 6. The summed E-state index contributed by atoms with van der Waals surface area (Å²) in [5.74, 6) is 1.55. The Morgan fingerprint density at radius 1 is 1.39 bits per heavy atom. The van der Waals surface area contributed by atoms with Crippen LogP contribution in [-0.2, 0) is 4.79 Å². The van der Waals surface area contributed by atoms with E-state index in [1.165, 1.54) is 17.4 Å². The first kappa shape index (κ1) is 15.4. The largest absolute Gasteiger partial charge is 0.493 e. The predicted octanol–water partition coefficient (Wildman–Crippen LogP) is 2.88. The van der Waals surface area contributed by atoms with Crippen molar-refractivity contribution in [1.82, 2.24) is 4.98 Å². The van der Waals surface area contributed by atoms with E-state index in [4.69, 9.17) is 14.2 Å². The molecule has 0 atom stereocenters. The molecular formula is C16H16N2O4S. The maximum absolute atomic E-state index is 11.9. The van der Waals surface area contributed by atoms with Gasteiger partial charge in [-0.2, -0.15) is 0 Å². The van der Waals surface area contributed by atoms with E-state index in [0.717, 1.165) is 10.4 Å². The van der Waals surface area contributed by atoms with Gasteiger partial charge in [0.2, 0.25) is 11.7 Å². The third-order valence-corrected chi connectivity index (χ3v) is 3.96. The summed E-state index contributed by atoms with van der Waals surface area (Å²) < 4.78 is 16.4. The van der Waals surface area contributed by atoms with Crippen LogP contribution in [0.5, 0.6) is 17.2 Å². The van der Waals surface area contributed by atoms with Gasteiger partial charge in [0.05, 0.1) is 7.11 Å². The summed E-state index contributed by atoms with van der Waals surface area (Å²) in [6.07, 6.45) is 4.85. The molecule has 1 amide bonds. The molecule has 1 aromatic heterocycles. The highest BCUT2D eigenvalue weighted by Gasteiger charge is 2.17. The van der Waals surface area contributed by atoms with Crippen LogP contribution in [0, 0.1) is 6.92 Å².